The molecule has 0 bridgehead atoms. The first kappa shape index (κ1) is 13.6. The monoisotopic (exact) mass is 255 g/mol. The molecule has 2 aromatic rings. The summed E-state index contributed by atoms with van der Waals surface area (Å²) in [4.78, 5) is 0. The van der Waals surface area contributed by atoms with Gasteiger partial charge in [-0.15, -0.1) is 0 Å². The maximum Gasteiger partial charge on any atom is 0.118 e. The van der Waals surface area contributed by atoms with Gasteiger partial charge in [-0.1, -0.05) is 42.0 Å². The molecule has 19 heavy (non-hydrogen) atoms. The Morgan fingerprint density at radius 1 is 1.11 bits per heavy atom. The summed E-state index contributed by atoms with van der Waals surface area (Å²) in [5.41, 5.74) is 3.94. The van der Waals surface area contributed by atoms with Crippen LogP contribution in [0.5, 0.6) is 5.75 Å². The lowest BCUT2D eigenvalue weighted by atomic mass is 9.98. The van der Waals surface area contributed by atoms with E-state index in [0.29, 0.717) is 6.04 Å². The number of aryl methyl sites for hydroxylation is 1. The van der Waals surface area contributed by atoms with E-state index in [1.165, 1.54) is 16.7 Å². The van der Waals surface area contributed by atoms with Crippen molar-refractivity contribution in [3.05, 3.63) is 65.2 Å². The molecule has 1 N–H and O–H groups in total. The number of benzene rings is 2. The predicted molar refractivity (Wildman–Crippen MR) is 79.7 cm³/mol. The van der Waals surface area contributed by atoms with Crippen molar-refractivity contribution >= 4 is 0 Å². The summed E-state index contributed by atoms with van der Waals surface area (Å²) in [5.74, 6) is 0.903. The molecule has 0 aliphatic rings. The topological polar surface area (TPSA) is 21.3 Å². The summed E-state index contributed by atoms with van der Waals surface area (Å²) in [6, 6.07) is 17.3. The number of hydrogen-bond donors (Lipinski definition) is 1. The zero-order valence-corrected chi connectivity index (χ0v) is 11.8. The molecule has 1 atom stereocenters. The Balaban J connectivity index is 2.14. The third kappa shape index (κ3) is 3.58. The Hall–Kier alpha value is -1.80. The largest absolute Gasteiger partial charge is 0.497 e. The number of methoxy groups -OCH3 is 1. The van der Waals surface area contributed by atoms with E-state index in [4.69, 9.17) is 4.74 Å². The van der Waals surface area contributed by atoms with E-state index in [2.05, 4.69) is 48.6 Å². The molecule has 2 heteroatoms. The van der Waals surface area contributed by atoms with Gasteiger partial charge >= 0.3 is 0 Å². The standard InChI is InChI=1S/C17H21NO/c1-13-5-4-6-15(11-13)17(18-2)12-14-7-9-16(19-3)10-8-14/h4-11,17-18H,12H2,1-3H3. The third-order valence-corrected chi connectivity index (χ3v) is 3.39. The first-order valence-electron chi connectivity index (χ1n) is 6.59. The minimum Gasteiger partial charge on any atom is -0.497 e. The summed E-state index contributed by atoms with van der Waals surface area (Å²) >= 11 is 0. The molecule has 0 radical (unpaired) electrons. The Kier molecular flexibility index (Phi) is 4.58. The number of likely N-dealkylation sites (N-methyl/N-ethyl adjacent to an activating group) is 1. The molecule has 0 aliphatic heterocycles. The first-order valence-corrected chi connectivity index (χ1v) is 6.59. The van der Waals surface area contributed by atoms with Crippen molar-refractivity contribution in [2.75, 3.05) is 14.2 Å². The van der Waals surface area contributed by atoms with Crippen molar-refractivity contribution in [1.82, 2.24) is 5.32 Å². The number of hydrogen-bond acceptors (Lipinski definition) is 2. The Bertz CT molecular complexity index is 519. The van der Waals surface area contributed by atoms with Gasteiger partial charge in [0.15, 0.2) is 0 Å². The number of ether oxygens (including phenoxy) is 1. The van der Waals surface area contributed by atoms with Crippen LogP contribution in [0.25, 0.3) is 0 Å². The van der Waals surface area contributed by atoms with E-state index >= 15 is 0 Å². The van der Waals surface area contributed by atoms with Crippen molar-refractivity contribution in [1.29, 1.82) is 0 Å². The van der Waals surface area contributed by atoms with Gasteiger partial charge in [0.05, 0.1) is 7.11 Å². The minimum atomic E-state index is 0.341. The quantitative estimate of drug-likeness (QED) is 0.883. The lowest BCUT2D eigenvalue weighted by Crippen LogP contribution is -2.18. The van der Waals surface area contributed by atoms with Crippen LogP contribution < -0.4 is 10.1 Å². The third-order valence-electron chi connectivity index (χ3n) is 3.39. The van der Waals surface area contributed by atoms with Crippen LogP contribution in [0.2, 0.25) is 0 Å². The Labute approximate surface area is 115 Å². The highest BCUT2D eigenvalue weighted by molar-refractivity contribution is 5.30. The zero-order chi connectivity index (χ0) is 13.7. The average molecular weight is 255 g/mol. The van der Waals surface area contributed by atoms with Crippen molar-refractivity contribution in [2.24, 2.45) is 0 Å². The molecule has 0 saturated heterocycles. The molecule has 0 spiro atoms. The SMILES string of the molecule is CNC(Cc1ccc(OC)cc1)c1cccc(C)c1. The minimum absolute atomic E-state index is 0.341. The Morgan fingerprint density at radius 3 is 2.42 bits per heavy atom. The summed E-state index contributed by atoms with van der Waals surface area (Å²) in [7, 11) is 3.70. The highest BCUT2D eigenvalue weighted by Crippen LogP contribution is 2.20. The molecule has 2 nitrogen and oxygen atoms in total. The average Bonchev–Trinajstić information content (AvgIpc) is 2.45. The predicted octanol–water partition coefficient (Wildman–Crippen LogP) is 3.51. The van der Waals surface area contributed by atoms with Gasteiger partial charge in [0.25, 0.3) is 0 Å². The second kappa shape index (κ2) is 6.39. The fourth-order valence-electron chi connectivity index (χ4n) is 2.27. The molecule has 1 unspecified atom stereocenters. The molecular formula is C17H21NO. The molecule has 0 aliphatic carbocycles. The summed E-state index contributed by atoms with van der Waals surface area (Å²) < 4.78 is 5.19. The molecule has 0 fully saturated rings. The fourth-order valence-corrected chi connectivity index (χ4v) is 2.27. The smallest absolute Gasteiger partial charge is 0.118 e. The highest BCUT2D eigenvalue weighted by atomic mass is 16.5. The zero-order valence-electron chi connectivity index (χ0n) is 11.8. The van der Waals surface area contributed by atoms with Crippen LogP contribution in [-0.4, -0.2) is 14.2 Å². The van der Waals surface area contributed by atoms with Crippen LogP contribution in [0.4, 0.5) is 0 Å². The van der Waals surface area contributed by atoms with Crippen LogP contribution >= 0.6 is 0 Å². The van der Waals surface area contributed by atoms with Crippen molar-refractivity contribution in [2.45, 2.75) is 19.4 Å². The molecule has 2 aromatic carbocycles. The normalized spacial score (nSPS) is 12.2. The van der Waals surface area contributed by atoms with Gasteiger partial charge < -0.3 is 10.1 Å². The molecule has 100 valence electrons. The van der Waals surface area contributed by atoms with Gasteiger partial charge in [-0.05, 0) is 43.7 Å². The van der Waals surface area contributed by atoms with Gasteiger partial charge in [0.1, 0.15) is 5.75 Å². The van der Waals surface area contributed by atoms with Crippen LogP contribution in [0.3, 0.4) is 0 Å². The summed E-state index contributed by atoms with van der Waals surface area (Å²) in [6.07, 6.45) is 0.976. The van der Waals surface area contributed by atoms with E-state index in [-0.39, 0.29) is 0 Å². The van der Waals surface area contributed by atoms with Gasteiger partial charge in [-0.25, -0.2) is 0 Å². The van der Waals surface area contributed by atoms with Crippen molar-refractivity contribution in [3.8, 4) is 5.75 Å². The highest BCUT2D eigenvalue weighted by Gasteiger charge is 2.10. The summed E-state index contributed by atoms with van der Waals surface area (Å²) in [6.45, 7) is 2.13. The molecule has 0 aromatic heterocycles. The maximum absolute atomic E-state index is 5.19. The second-order valence-electron chi connectivity index (χ2n) is 4.81. The molecule has 0 heterocycles. The Morgan fingerprint density at radius 2 is 1.84 bits per heavy atom. The van der Waals surface area contributed by atoms with Crippen LogP contribution in [0, 0.1) is 6.92 Å². The second-order valence-corrected chi connectivity index (χ2v) is 4.81. The van der Waals surface area contributed by atoms with E-state index in [0.717, 1.165) is 12.2 Å². The fraction of sp³-hybridized carbons (Fsp3) is 0.294. The number of rotatable bonds is 5. The lowest BCUT2D eigenvalue weighted by molar-refractivity contribution is 0.414. The maximum atomic E-state index is 5.19. The number of nitrogens with one attached hydrogen (secondary N) is 1. The first-order chi connectivity index (χ1) is 9.22. The lowest BCUT2D eigenvalue weighted by Gasteiger charge is -2.17. The van der Waals surface area contributed by atoms with E-state index < -0.39 is 0 Å². The van der Waals surface area contributed by atoms with E-state index in [1.807, 2.05) is 19.2 Å². The van der Waals surface area contributed by atoms with Crippen molar-refractivity contribution < 1.29 is 4.74 Å². The van der Waals surface area contributed by atoms with Gasteiger partial charge in [-0.3, -0.25) is 0 Å². The van der Waals surface area contributed by atoms with E-state index in [1.54, 1.807) is 7.11 Å². The molecule has 0 saturated carbocycles. The van der Waals surface area contributed by atoms with Gasteiger partial charge in [-0.2, -0.15) is 0 Å². The summed E-state index contributed by atoms with van der Waals surface area (Å²) in [5, 5.41) is 3.39. The van der Waals surface area contributed by atoms with Gasteiger partial charge in [0.2, 0.25) is 0 Å². The van der Waals surface area contributed by atoms with Crippen molar-refractivity contribution in [3.63, 3.8) is 0 Å². The van der Waals surface area contributed by atoms with Gasteiger partial charge in [0, 0.05) is 6.04 Å². The van der Waals surface area contributed by atoms with Crippen LogP contribution in [-0.2, 0) is 6.42 Å². The molecule has 0 amide bonds. The molecular weight excluding hydrogens is 234 g/mol. The molecule has 2 rings (SSSR count). The van der Waals surface area contributed by atoms with Crippen LogP contribution in [0.15, 0.2) is 48.5 Å². The van der Waals surface area contributed by atoms with E-state index in [9.17, 15) is 0 Å². The van der Waals surface area contributed by atoms with Crippen LogP contribution in [0.1, 0.15) is 22.7 Å².